The van der Waals surface area contributed by atoms with Crippen LogP contribution in [0.3, 0.4) is 0 Å². The maximum atomic E-state index is 11.7. The maximum Gasteiger partial charge on any atom is 0.163 e. The fraction of sp³-hybridized carbons (Fsp3) is 0.381. The second-order valence-electron chi connectivity index (χ2n) is 6.69. The van der Waals surface area contributed by atoms with E-state index >= 15 is 0 Å². The van der Waals surface area contributed by atoms with Gasteiger partial charge in [-0.05, 0) is 36.8 Å². The molecule has 0 aromatic heterocycles. The summed E-state index contributed by atoms with van der Waals surface area (Å²) in [6.07, 6.45) is -0.658. The molecule has 5 nitrogen and oxygen atoms in total. The van der Waals surface area contributed by atoms with Gasteiger partial charge < -0.3 is 14.6 Å². The van der Waals surface area contributed by atoms with Crippen LogP contribution in [0.15, 0.2) is 53.0 Å². The number of carbonyl (C=O) groups excluding carboxylic acids is 1. The molecule has 1 saturated heterocycles. The Morgan fingerprint density at radius 1 is 1.33 bits per heavy atom. The van der Waals surface area contributed by atoms with Crippen LogP contribution in [-0.4, -0.2) is 54.7 Å². The number of halogens is 1. The monoisotopic (exact) mass is 433 g/mol. The van der Waals surface area contributed by atoms with Gasteiger partial charge in [-0.2, -0.15) is 0 Å². The SMILES string of the molecule is CC(=O)c1ccccc1OCC(O)CN1CCOC(c2cccc(Br)c2)C1. The highest BCUT2D eigenvalue weighted by Gasteiger charge is 2.24. The molecule has 27 heavy (non-hydrogen) atoms. The minimum Gasteiger partial charge on any atom is -0.490 e. The molecule has 1 heterocycles. The largest absolute Gasteiger partial charge is 0.490 e. The lowest BCUT2D eigenvalue weighted by molar-refractivity contribution is -0.0459. The molecule has 1 aliphatic heterocycles. The second-order valence-corrected chi connectivity index (χ2v) is 7.61. The minimum atomic E-state index is -0.647. The number of benzene rings is 2. The lowest BCUT2D eigenvalue weighted by Crippen LogP contribution is -2.43. The summed E-state index contributed by atoms with van der Waals surface area (Å²) in [4.78, 5) is 13.8. The van der Waals surface area contributed by atoms with Crippen LogP contribution in [-0.2, 0) is 4.74 Å². The molecule has 2 aromatic carbocycles. The first kappa shape index (κ1) is 20.0. The van der Waals surface area contributed by atoms with Crippen LogP contribution in [0.25, 0.3) is 0 Å². The fourth-order valence-corrected chi connectivity index (χ4v) is 3.61. The second kappa shape index (κ2) is 9.46. The number of carbonyl (C=O) groups is 1. The number of hydrogen-bond acceptors (Lipinski definition) is 5. The molecule has 0 radical (unpaired) electrons. The van der Waals surface area contributed by atoms with Crippen LogP contribution in [0.1, 0.15) is 28.9 Å². The molecule has 2 atom stereocenters. The Balaban J connectivity index is 1.53. The van der Waals surface area contributed by atoms with Crippen LogP contribution in [0.5, 0.6) is 5.75 Å². The molecule has 2 unspecified atom stereocenters. The number of morpholine rings is 1. The number of para-hydroxylation sites is 1. The van der Waals surface area contributed by atoms with Crippen LogP contribution < -0.4 is 4.74 Å². The van der Waals surface area contributed by atoms with Gasteiger partial charge in [0.15, 0.2) is 5.78 Å². The van der Waals surface area contributed by atoms with Crippen molar-refractivity contribution in [3.8, 4) is 5.75 Å². The van der Waals surface area contributed by atoms with E-state index in [0.717, 1.165) is 23.1 Å². The predicted molar refractivity (Wildman–Crippen MR) is 107 cm³/mol. The Labute approximate surface area is 168 Å². The highest BCUT2D eigenvalue weighted by Crippen LogP contribution is 2.25. The first-order valence-corrected chi connectivity index (χ1v) is 9.82. The summed E-state index contributed by atoms with van der Waals surface area (Å²) in [7, 11) is 0. The van der Waals surface area contributed by atoms with Gasteiger partial charge in [0.2, 0.25) is 0 Å². The predicted octanol–water partition coefficient (Wildman–Crippen LogP) is 3.46. The zero-order valence-electron chi connectivity index (χ0n) is 15.3. The Bertz CT molecular complexity index is 782. The average Bonchev–Trinajstić information content (AvgIpc) is 2.67. The summed E-state index contributed by atoms with van der Waals surface area (Å²) in [5, 5.41) is 10.4. The molecule has 1 N–H and O–H groups in total. The molecule has 0 bridgehead atoms. The van der Waals surface area contributed by atoms with Gasteiger partial charge in [0, 0.05) is 24.1 Å². The molecular formula is C21H24BrNO4. The minimum absolute atomic E-state index is 0.0113. The summed E-state index contributed by atoms with van der Waals surface area (Å²) >= 11 is 3.49. The van der Waals surface area contributed by atoms with Gasteiger partial charge in [-0.15, -0.1) is 0 Å². The summed E-state index contributed by atoms with van der Waals surface area (Å²) in [6, 6.07) is 15.2. The van der Waals surface area contributed by atoms with Gasteiger partial charge in [-0.3, -0.25) is 9.69 Å². The van der Waals surface area contributed by atoms with Crippen LogP contribution in [0, 0.1) is 0 Å². The number of Topliss-reactive ketones (excluding diaryl/α,β-unsaturated/α-hetero) is 1. The molecule has 0 spiro atoms. The number of ketones is 1. The van der Waals surface area contributed by atoms with E-state index in [1.165, 1.54) is 6.92 Å². The van der Waals surface area contributed by atoms with Crippen molar-refractivity contribution in [2.24, 2.45) is 0 Å². The summed E-state index contributed by atoms with van der Waals surface area (Å²) < 4.78 is 12.6. The van der Waals surface area contributed by atoms with E-state index in [4.69, 9.17) is 9.47 Å². The first-order valence-electron chi connectivity index (χ1n) is 9.03. The number of ether oxygens (including phenoxy) is 2. The number of β-amino-alcohol motifs (C(OH)–C–C–N with tert-alkyl or cyclic N) is 1. The molecular weight excluding hydrogens is 410 g/mol. The molecule has 0 amide bonds. The Morgan fingerprint density at radius 3 is 2.93 bits per heavy atom. The number of aliphatic hydroxyl groups excluding tert-OH is 1. The van der Waals surface area contributed by atoms with Gasteiger partial charge in [0.05, 0.1) is 18.3 Å². The van der Waals surface area contributed by atoms with Gasteiger partial charge in [-0.1, -0.05) is 40.2 Å². The van der Waals surface area contributed by atoms with Crippen molar-refractivity contribution >= 4 is 21.7 Å². The molecule has 3 rings (SSSR count). The van der Waals surface area contributed by atoms with E-state index in [0.29, 0.717) is 24.5 Å². The maximum absolute atomic E-state index is 11.7. The first-order chi connectivity index (χ1) is 13.0. The Morgan fingerprint density at radius 2 is 2.15 bits per heavy atom. The van der Waals surface area contributed by atoms with Crippen molar-refractivity contribution in [2.45, 2.75) is 19.1 Å². The van der Waals surface area contributed by atoms with E-state index < -0.39 is 6.10 Å². The number of aliphatic hydroxyl groups is 1. The third kappa shape index (κ3) is 5.62. The standard InChI is InChI=1S/C21H24BrNO4/c1-15(24)19-7-2-3-8-20(19)27-14-18(25)12-23-9-10-26-21(13-23)16-5-4-6-17(22)11-16/h2-8,11,18,21,25H,9-10,12-14H2,1H3. The highest BCUT2D eigenvalue weighted by molar-refractivity contribution is 9.10. The van der Waals surface area contributed by atoms with E-state index in [9.17, 15) is 9.90 Å². The lowest BCUT2D eigenvalue weighted by Gasteiger charge is -2.34. The summed E-state index contributed by atoms with van der Waals surface area (Å²) in [6.45, 7) is 4.26. The zero-order chi connectivity index (χ0) is 19.2. The van der Waals surface area contributed by atoms with E-state index in [2.05, 4.69) is 33.0 Å². The van der Waals surface area contributed by atoms with Crippen LogP contribution >= 0.6 is 15.9 Å². The number of nitrogens with zero attached hydrogens (tertiary/aromatic N) is 1. The number of hydrogen-bond donors (Lipinski definition) is 1. The topological polar surface area (TPSA) is 59.0 Å². The summed E-state index contributed by atoms with van der Waals surface area (Å²) in [5.74, 6) is 0.461. The molecule has 2 aromatic rings. The van der Waals surface area contributed by atoms with Crippen LogP contribution in [0.2, 0.25) is 0 Å². The van der Waals surface area contributed by atoms with Crippen molar-refractivity contribution in [2.75, 3.05) is 32.8 Å². The van der Waals surface area contributed by atoms with Crippen molar-refractivity contribution in [1.82, 2.24) is 4.90 Å². The lowest BCUT2D eigenvalue weighted by atomic mass is 10.1. The molecule has 144 valence electrons. The van der Waals surface area contributed by atoms with E-state index in [-0.39, 0.29) is 18.5 Å². The van der Waals surface area contributed by atoms with Gasteiger partial charge in [0.25, 0.3) is 0 Å². The van der Waals surface area contributed by atoms with Crippen LogP contribution in [0.4, 0.5) is 0 Å². The average molecular weight is 434 g/mol. The van der Waals surface area contributed by atoms with Crippen molar-refractivity contribution in [3.63, 3.8) is 0 Å². The zero-order valence-corrected chi connectivity index (χ0v) is 16.9. The Kier molecular flexibility index (Phi) is 7.01. The van der Waals surface area contributed by atoms with Gasteiger partial charge in [0.1, 0.15) is 18.5 Å². The molecule has 0 saturated carbocycles. The molecule has 1 fully saturated rings. The van der Waals surface area contributed by atoms with Crippen molar-refractivity contribution < 1.29 is 19.4 Å². The molecule has 6 heteroatoms. The van der Waals surface area contributed by atoms with E-state index in [1.807, 2.05) is 18.2 Å². The normalized spacial score (nSPS) is 18.9. The Hall–Kier alpha value is -1.73. The fourth-order valence-electron chi connectivity index (χ4n) is 3.20. The quantitative estimate of drug-likeness (QED) is 0.677. The van der Waals surface area contributed by atoms with Crippen molar-refractivity contribution in [3.05, 3.63) is 64.1 Å². The van der Waals surface area contributed by atoms with Gasteiger partial charge >= 0.3 is 0 Å². The third-order valence-electron chi connectivity index (χ3n) is 4.54. The van der Waals surface area contributed by atoms with E-state index in [1.54, 1.807) is 18.2 Å². The number of rotatable bonds is 7. The molecule has 1 aliphatic rings. The smallest absolute Gasteiger partial charge is 0.163 e. The highest BCUT2D eigenvalue weighted by atomic mass is 79.9. The molecule has 0 aliphatic carbocycles. The summed E-state index contributed by atoms with van der Waals surface area (Å²) in [5.41, 5.74) is 1.65. The van der Waals surface area contributed by atoms with Crippen molar-refractivity contribution in [1.29, 1.82) is 0 Å². The third-order valence-corrected chi connectivity index (χ3v) is 5.03. The van der Waals surface area contributed by atoms with Gasteiger partial charge in [-0.25, -0.2) is 0 Å².